The fourth-order valence-corrected chi connectivity index (χ4v) is 2.15. The number of hydrogen-bond acceptors (Lipinski definition) is 8. The van der Waals surface area contributed by atoms with Gasteiger partial charge in [-0.2, -0.15) is 4.98 Å². The molecule has 2 aromatic rings. The van der Waals surface area contributed by atoms with Crippen LogP contribution >= 0.6 is 0 Å². The van der Waals surface area contributed by atoms with Crippen LogP contribution in [0.15, 0.2) is 16.9 Å². The van der Waals surface area contributed by atoms with Crippen LogP contribution in [0.2, 0.25) is 0 Å². The Balaban J connectivity index is 1.86. The van der Waals surface area contributed by atoms with E-state index in [1.165, 1.54) is 6.33 Å². The molecule has 0 radical (unpaired) electrons. The Morgan fingerprint density at radius 3 is 3.05 bits per heavy atom. The molecule has 106 valence electrons. The second-order valence-electron chi connectivity index (χ2n) is 4.44. The van der Waals surface area contributed by atoms with E-state index >= 15 is 0 Å². The zero-order chi connectivity index (χ0) is 13.9. The van der Waals surface area contributed by atoms with Gasteiger partial charge in [0.05, 0.1) is 26.2 Å². The summed E-state index contributed by atoms with van der Waals surface area (Å²) < 4.78 is 15.8. The van der Waals surface area contributed by atoms with Gasteiger partial charge in [-0.3, -0.25) is 0 Å². The van der Waals surface area contributed by atoms with Gasteiger partial charge < -0.3 is 19.3 Å². The van der Waals surface area contributed by atoms with Crippen molar-refractivity contribution in [3.8, 4) is 17.4 Å². The summed E-state index contributed by atoms with van der Waals surface area (Å²) in [5.41, 5.74) is 0.562. The standard InChI is InChI=1S/C12H15N5O3/c1-13-9-5-19-4-7(9)12-16-11(17-20-12)8-3-10(18-2)15-6-14-8/h3,6-7,9,13H,4-5H2,1-2H3. The molecular weight excluding hydrogens is 262 g/mol. The predicted octanol–water partition coefficient (Wildman–Crippen LogP) is 0.237. The van der Waals surface area contributed by atoms with Crippen LogP contribution < -0.4 is 10.1 Å². The summed E-state index contributed by atoms with van der Waals surface area (Å²) in [5.74, 6) is 1.49. The maximum atomic E-state index is 5.43. The molecule has 2 atom stereocenters. The molecule has 3 rings (SSSR count). The van der Waals surface area contributed by atoms with Gasteiger partial charge in [0.15, 0.2) is 0 Å². The number of rotatable bonds is 4. The van der Waals surface area contributed by atoms with E-state index in [1.54, 1.807) is 13.2 Å². The van der Waals surface area contributed by atoms with E-state index in [9.17, 15) is 0 Å². The lowest BCUT2D eigenvalue weighted by atomic mass is 10.0. The van der Waals surface area contributed by atoms with Crippen molar-refractivity contribution < 1.29 is 14.0 Å². The zero-order valence-electron chi connectivity index (χ0n) is 11.2. The number of ether oxygens (including phenoxy) is 2. The first-order chi connectivity index (χ1) is 9.81. The average molecular weight is 277 g/mol. The molecule has 0 bridgehead atoms. The molecule has 0 spiro atoms. The second-order valence-corrected chi connectivity index (χ2v) is 4.44. The maximum Gasteiger partial charge on any atom is 0.234 e. The predicted molar refractivity (Wildman–Crippen MR) is 68.3 cm³/mol. The normalized spacial score (nSPS) is 22.1. The molecule has 0 aromatic carbocycles. The van der Waals surface area contributed by atoms with Crippen molar-refractivity contribution >= 4 is 0 Å². The van der Waals surface area contributed by atoms with Crippen molar-refractivity contribution in [2.24, 2.45) is 0 Å². The van der Waals surface area contributed by atoms with Crippen LogP contribution in [0.5, 0.6) is 5.88 Å². The van der Waals surface area contributed by atoms with Gasteiger partial charge in [0, 0.05) is 12.1 Å². The third-order valence-electron chi connectivity index (χ3n) is 3.29. The van der Waals surface area contributed by atoms with E-state index in [2.05, 4.69) is 25.4 Å². The highest BCUT2D eigenvalue weighted by Crippen LogP contribution is 2.26. The Kier molecular flexibility index (Phi) is 3.57. The quantitative estimate of drug-likeness (QED) is 0.849. The largest absolute Gasteiger partial charge is 0.481 e. The summed E-state index contributed by atoms with van der Waals surface area (Å²) in [6.45, 7) is 1.21. The molecule has 2 aromatic heterocycles. The van der Waals surface area contributed by atoms with Gasteiger partial charge in [-0.1, -0.05) is 5.16 Å². The monoisotopic (exact) mass is 277 g/mol. The molecule has 1 aliphatic heterocycles. The smallest absolute Gasteiger partial charge is 0.234 e. The van der Waals surface area contributed by atoms with Gasteiger partial charge in [0.1, 0.15) is 12.0 Å². The Bertz CT molecular complexity index is 588. The molecule has 0 saturated carbocycles. The minimum Gasteiger partial charge on any atom is -0.481 e. The molecule has 3 heterocycles. The first kappa shape index (κ1) is 12.9. The van der Waals surface area contributed by atoms with E-state index in [4.69, 9.17) is 14.0 Å². The first-order valence-corrected chi connectivity index (χ1v) is 6.27. The van der Waals surface area contributed by atoms with Crippen molar-refractivity contribution in [1.82, 2.24) is 25.4 Å². The average Bonchev–Trinajstić information content (AvgIpc) is 3.15. The second kappa shape index (κ2) is 5.51. The summed E-state index contributed by atoms with van der Waals surface area (Å²) in [5, 5.41) is 7.14. The number of aromatic nitrogens is 4. The summed E-state index contributed by atoms with van der Waals surface area (Å²) in [6.07, 6.45) is 1.40. The first-order valence-electron chi connectivity index (χ1n) is 6.27. The van der Waals surface area contributed by atoms with E-state index in [0.717, 1.165) is 0 Å². The number of nitrogens with zero attached hydrogens (tertiary/aromatic N) is 4. The fourth-order valence-electron chi connectivity index (χ4n) is 2.15. The lowest BCUT2D eigenvalue weighted by Crippen LogP contribution is -2.31. The molecule has 1 aliphatic rings. The zero-order valence-corrected chi connectivity index (χ0v) is 11.2. The minimum absolute atomic E-state index is 0.0602. The number of methoxy groups -OCH3 is 1. The van der Waals surface area contributed by atoms with E-state index in [1.807, 2.05) is 7.05 Å². The minimum atomic E-state index is 0.0602. The fraction of sp³-hybridized carbons (Fsp3) is 0.500. The topological polar surface area (TPSA) is 95.2 Å². The van der Waals surface area contributed by atoms with Crippen LogP contribution in [0, 0.1) is 0 Å². The van der Waals surface area contributed by atoms with Gasteiger partial charge in [0.2, 0.25) is 17.6 Å². The van der Waals surface area contributed by atoms with Crippen molar-refractivity contribution in [2.75, 3.05) is 27.4 Å². The summed E-state index contributed by atoms with van der Waals surface area (Å²) >= 11 is 0. The highest BCUT2D eigenvalue weighted by Gasteiger charge is 2.33. The van der Waals surface area contributed by atoms with Gasteiger partial charge in [0.25, 0.3) is 0 Å². The van der Waals surface area contributed by atoms with Gasteiger partial charge in [-0.15, -0.1) is 0 Å². The van der Waals surface area contributed by atoms with Crippen LogP contribution in [0.1, 0.15) is 11.8 Å². The van der Waals surface area contributed by atoms with Crippen LogP contribution in [0.4, 0.5) is 0 Å². The molecule has 8 nitrogen and oxygen atoms in total. The van der Waals surface area contributed by atoms with Crippen molar-refractivity contribution in [2.45, 2.75) is 12.0 Å². The molecule has 1 N–H and O–H groups in total. The maximum absolute atomic E-state index is 5.43. The molecule has 1 saturated heterocycles. The van der Waals surface area contributed by atoms with Crippen LogP contribution in [-0.4, -0.2) is 53.5 Å². The molecule has 2 unspecified atom stereocenters. The molecule has 1 fully saturated rings. The Morgan fingerprint density at radius 1 is 1.35 bits per heavy atom. The van der Waals surface area contributed by atoms with E-state index in [-0.39, 0.29) is 12.0 Å². The Morgan fingerprint density at radius 2 is 2.25 bits per heavy atom. The Labute approximate surface area is 115 Å². The molecule has 20 heavy (non-hydrogen) atoms. The molecule has 0 amide bonds. The van der Waals surface area contributed by atoms with Crippen LogP contribution in [-0.2, 0) is 4.74 Å². The third kappa shape index (κ3) is 2.35. The van der Waals surface area contributed by atoms with E-state index < -0.39 is 0 Å². The van der Waals surface area contributed by atoms with Crippen molar-refractivity contribution in [3.63, 3.8) is 0 Å². The highest BCUT2D eigenvalue weighted by molar-refractivity contribution is 5.49. The number of likely N-dealkylation sites (N-methyl/N-ethyl adjacent to an activating group) is 1. The summed E-state index contributed by atoms with van der Waals surface area (Å²) in [6, 6.07) is 1.85. The summed E-state index contributed by atoms with van der Waals surface area (Å²) in [7, 11) is 3.43. The van der Waals surface area contributed by atoms with Crippen molar-refractivity contribution in [3.05, 3.63) is 18.3 Å². The van der Waals surface area contributed by atoms with Crippen LogP contribution in [0.3, 0.4) is 0 Å². The SMILES string of the molecule is CNC1COCC1c1nc(-c2cc(OC)ncn2)no1. The van der Waals surface area contributed by atoms with Crippen LogP contribution in [0.25, 0.3) is 11.5 Å². The van der Waals surface area contributed by atoms with Gasteiger partial charge >= 0.3 is 0 Å². The number of nitrogens with one attached hydrogen (secondary N) is 1. The third-order valence-corrected chi connectivity index (χ3v) is 3.29. The highest BCUT2D eigenvalue weighted by atomic mass is 16.5. The van der Waals surface area contributed by atoms with Gasteiger partial charge in [-0.05, 0) is 7.05 Å². The van der Waals surface area contributed by atoms with Gasteiger partial charge in [-0.25, -0.2) is 9.97 Å². The number of hydrogen-bond donors (Lipinski definition) is 1. The lowest BCUT2D eigenvalue weighted by Gasteiger charge is -2.11. The van der Waals surface area contributed by atoms with Crippen molar-refractivity contribution in [1.29, 1.82) is 0 Å². The molecular formula is C12H15N5O3. The lowest BCUT2D eigenvalue weighted by molar-refractivity contribution is 0.185. The molecule has 0 aliphatic carbocycles. The molecule has 8 heteroatoms. The van der Waals surface area contributed by atoms with E-state index in [0.29, 0.717) is 36.5 Å². The Hall–Kier alpha value is -2.06. The summed E-state index contributed by atoms with van der Waals surface area (Å²) in [4.78, 5) is 12.4.